The number of halogens is 1. The SMILES string of the molecule is COC(=O)[C@@H]1Cc2ncn(Cc3ccc(Cl)cc3)c2CN1Cc1ccc(OC)cc1. The quantitative estimate of drug-likeness (QED) is 0.564. The molecule has 0 spiro atoms. The first-order chi connectivity index (χ1) is 14.6. The molecular weight excluding hydrogens is 402 g/mol. The van der Waals surface area contributed by atoms with Crippen LogP contribution in [0, 0.1) is 0 Å². The van der Waals surface area contributed by atoms with E-state index in [1.807, 2.05) is 54.9 Å². The number of methoxy groups -OCH3 is 2. The molecule has 0 N–H and O–H groups in total. The molecule has 6 nitrogen and oxygen atoms in total. The molecule has 0 saturated heterocycles. The van der Waals surface area contributed by atoms with Gasteiger partial charge in [0, 0.05) is 31.1 Å². The maximum absolute atomic E-state index is 12.5. The number of aromatic nitrogens is 2. The highest BCUT2D eigenvalue weighted by atomic mass is 35.5. The molecule has 0 aliphatic carbocycles. The fraction of sp³-hybridized carbons (Fsp3) is 0.304. The number of benzene rings is 2. The van der Waals surface area contributed by atoms with Crippen LogP contribution >= 0.6 is 11.6 Å². The zero-order chi connectivity index (χ0) is 21.1. The Morgan fingerprint density at radius 2 is 1.73 bits per heavy atom. The molecule has 0 radical (unpaired) electrons. The third-order valence-electron chi connectivity index (χ3n) is 5.50. The van der Waals surface area contributed by atoms with Crippen molar-refractivity contribution in [2.45, 2.75) is 32.1 Å². The smallest absolute Gasteiger partial charge is 0.323 e. The first-order valence-electron chi connectivity index (χ1n) is 9.79. The summed E-state index contributed by atoms with van der Waals surface area (Å²) in [6.45, 7) is 1.96. The average molecular weight is 426 g/mol. The van der Waals surface area contributed by atoms with E-state index < -0.39 is 0 Å². The maximum atomic E-state index is 12.5. The number of carbonyl (C=O) groups is 1. The lowest BCUT2D eigenvalue weighted by Gasteiger charge is -2.34. The first-order valence-corrected chi connectivity index (χ1v) is 10.2. The number of imidazole rings is 1. The Hall–Kier alpha value is -2.83. The minimum absolute atomic E-state index is 0.235. The highest BCUT2D eigenvalue weighted by Gasteiger charge is 2.34. The molecule has 1 atom stereocenters. The maximum Gasteiger partial charge on any atom is 0.323 e. The molecule has 0 amide bonds. The van der Waals surface area contributed by atoms with Gasteiger partial charge in [-0.1, -0.05) is 35.9 Å². The number of hydrogen-bond donors (Lipinski definition) is 0. The van der Waals surface area contributed by atoms with Crippen molar-refractivity contribution in [2.75, 3.05) is 14.2 Å². The fourth-order valence-corrected chi connectivity index (χ4v) is 3.97. The lowest BCUT2D eigenvalue weighted by atomic mass is 10.0. The predicted octanol–water partition coefficient (Wildman–Crippen LogP) is 3.69. The van der Waals surface area contributed by atoms with E-state index in [0.29, 0.717) is 26.1 Å². The van der Waals surface area contributed by atoms with Crippen LogP contribution in [0.4, 0.5) is 0 Å². The van der Waals surface area contributed by atoms with E-state index in [1.54, 1.807) is 7.11 Å². The Morgan fingerprint density at radius 1 is 1.07 bits per heavy atom. The standard InChI is InChI=1S/C23H24ClN3O3/c1-29-19-9-5-17(6-10-19)12-26-14-22-20(11-21(26)23(28)30-2)25-15-27(22)13-16-3-7-18(24)8-4-16/h3-10,15,21H,11-14H2,1-2H3/t21-/m0/s1. The molecule has 0 saturated carbocycles. The van der Waals surface area contributed by atoms with Crippen LogP contribution in [0.25, 0.3) is 0 Å². The van der Waals surface area contributed by atoms with Crippen molar-refractivity contribution in [3.05, 3.63) is 82.4 Å². The monoisotopic (exact) mass is 425 g/mol. The van der Waals surface area contributed by atoms with E-state index >= 15 is 0 Å². The van der Waals surface area contributed by atoms with Gasteiger partial charge in [-0.15, -0.1) is 0 Å². The van der Waals surface area contributed by atoms with Gasteiger partial charge in [0.2, 0.25) is 0 Å². The molecule has 1 aliphatic heterocycles. The molecule has 0 unspecified atom stereocenters. The van der Waals surface area contributed by atoms with Crippen LogP contribution in [0.15, 0.2) is 54.9 Å². The summed E-state index contributed by atoms with van der Waals surface area (Å²) < 4.78 is 12.5. The van der Waals surface area contributed by atoms with Gasteiger partial charge < -0.3 is 14.0 Å². The second-order valence-electron chi connectivity index (χ2n) is 7.39. The minimum Gasteiger partial charge on any atom is -0.497 e. The summed E-state index contributed by atoms with van der Waals surface area (Å²) in [5.74, 6) is 0.576. The Bertz CT molecular complexity index is 1020. The van der Waals surface area contributed by atoms with Gasteiger partial charge in [-0.05, 0) is 35.4 Å². The predicted molar refractivity (Wildman–Crippen MR) is 115 cm³/mol. The van der Waals surface area contributed by atoms with Crippen molar-refractivity contribution in [2.24, 2.45) is 0 Å². The summed E-state index contributed by atoms with van der Waals surface area (Å²) in [6, 6.07) is 15.4. The molecule has 0 fully saturated rings. The van der Waals surface area contributed by atoms with Gasteiger partial charge >= 0.3 is 5.97 Å². The van der Waals surface area contributed by atoms with E-state index in [2.05, 4.69) is 14.5 Å². The summed E-state index contributed by atoms with van der Waals surface area (Å²) in [7, 11) is 3.08. The van der Waals surface area contributed by atoms with Gasteiger partial charge in [0.15, 0.2) is 0 Å². The Morgan fingerprint density at radius 3 is 2.40 bits per heavy atom. The highest BCUT2D eigenvalue weighted by molar-refractivity contribution is 6.30. The molecule has 4 rings (SSSR count). The zero-order valence-electron chi connectivity index (χ0n) is 17.0. The van der Waals surface area contributed by atoms with E-state index in [1.165, 1.54) is 7.11 Å². The van der Waals surface area contributed by atoms with Crippen molar-refractivity contribution in [3.8, 4) is 5.75 Å². The summed E-state index contributed by atoms with van der Waals surface area (Å²) in [5, 5.41) is 0.720. The topological polar surface area (TPSA) is 56.6 Å². The van der Waals surface area contributed by atoms with Crippen molar-refractivity contribution < 1.29 is 14.3 Å². The van der Waals surface area contributed by atoms with E-state index in [-0.39, 0.29) is 12.0 Å². The highest BCUT2D eigenvalue weighted by Crippen LogP contribution is 2.26. The number of nitrogens with zero attached hydrogens (tertiary/aromatic N) is 3. The van der Waals surface area contributed by atoms with Crippen LogP contribution in [0.1, 0.15) is 22.5 Å². The number of hydrogen-bond acceptors (Lipinski definition) is 5. The van der Waals surface area contributed by atoms with Crippen molar-refractivity contribution in [1.82, 2.24) is 14.5 Å². The largest absolute Gasteiger partial charge is 0.497 e. The number of ether oxygens (including phenoxy) is 2. The van der Waals surface area contributed by atoms with Crippen molar-refractivity contribution in [1.29, 1.82) is 0 Å². The van der Waals surface area contributed by atoms with Gasteiger partial charge in [-0.25, -0.2) is 4.98 Å². The van der Waals surface area contributed by atoms with Crippen molar-refractivity contribution in [3.63, 3.8) is 0 Å². The minimum atomic E-state index is -0.358. The van der Waals surface area contributed by atoms with Gasteiger partial charge in [-0.3, -0.25) is 9.69 Å². The first kappa shape index (κ1) is 20.4. The number of rotatable bonds is 6. The molecular formula is C23H24ClN3O3. The number of esters is 1. The van der Waals surface area contributed by atoms with Crippen LogP contribution in [-0.4, -0.2) is 40.7 Å². The van der Waals surface area contributed by atoms with Crippen LogP contribution in [0.3, 0.4) is 0 Å². The van der Waals surface area contributed by atoms with Crippen LogP contribution in [0.2, 0.25) is 5.02 Å². The molecule has 2 aromatic carbocycles. The van der Waals surface area contributed by atoms with Gasteiger partial charge in [0.25, 0.3) is 0 Å². The molecule has 7 heteroatoms. The summed E-state index contributed by atoms with van der Waals surface area (Å²) in [5.41, 5.74) is 4.33. The fourth-order valence-electron chi connectivity index (χ4n) is 3.84. The summed E-state index contributed by atoms with van der Waals surface area (Å²) in [6.07, 6.45) is 2.39. The van der Waals surface area contributed by atoms with E-state index in [9.17, 15) is 4.79 Å². The van der Waals surface area contributed by atoms with Gasteiger partial charge in [0.05, 0.1) is 31.9 Å². The normalized spacial score (nSPS) is 16.2. The van der Waals surface area contributed by atoms with Gasteiger partial charge in [0.1, 0.15) is 11.8 Å². The van der Waals surface area contributed by atoms with Crippen LogP contribution in [-0.2, 0) is 35.6 Å². The molecule has 156 valence electrons. The molecule has 1 aromatic heterocycles. The number of fused-ring (bicyclic) bond motifs is 1. The van der Waals surface area contributed by atoms with E-state index in [0.717, 1.165) is 33.3 Å². The summed E-state index contributed by atoms with van der Waals surface area (Å²) >= 11 is 6.01. The average Bonchev–Trinajstić information content (AvgIpc) is 3.16. The lowest BCUT2D eigenvalue weighted by Crippen LogP contribution is -2.46. The Balaban J connectivity index is 1.58. The number of carbonyl (C=O) groups excluding carboxylic acids is 1. The van der Waals surface area contributed by atoms with E-state index in [4.69, 9.17) is 21.1 Å². The Labute approximate surface area is 181 Å². The zero-order valence-corrected chi connectivity index (χ0v) is 17.8. The van der Waals surface area contributed by atoms with Crippen molar-refractivity contribution >= 4 is 17.6 Å². The third-order valence-corrected chi connectivity index (χ3v) is 5.75. The molecule has 2 heterocycles. The molecule has 0 bridgehead atoms. The molecule has 3 aromatic rings. The third kappa shape index (κ3) is 4.35. The molecule has 1 aliphatic rings. The summed E-state index contributed by atoms with van der Waals surface area (Å²) in [4.78, 5) is 19.2. The lowest BCUT2D eigenvalue weighted by molar-refractivity contribution is -0.148. The second kappa shape index (κ2) is 8.90. The van der Waals surface area contributed by atoms with Crippen LogP contribution < -0.4 is 4.74 Å². The van der Waals surface area contributed by atoms with Crippen LogP contribution in [0.5, 0.6) is 5.75 Å². The van der Waals surface area contributed by atoms with Gasteiger partial charge in [-0.2, -0.15) is 0 Å². The molecule has 30 heavy (non-hydrogen) atoms. The Kier molecular flexibility index (Phi) is 6.06. The second-order valence-corrected chi connectivity index (χ2v) is 7.82.